The van der Waals surface area contributed by atoms with Gasteiger partial charge >= 0.3 is 0 Å². The summed E-state index contributed by atoms with van der Waals surface area (Å²) in [6.07, 6.45) is 4.50. The molecule has 6 nitrogen and oxygen atoms in total. The first-order valence-corrected chi connectivity index (χ1v) is 4.73. The molecule has 0 bridgehead atoms. The fraction of sp³-hybridized carbons (Fsp3) is 0. The minimum absolute atomic E-state index is 0.262. The number of hydrogen-bond donors (Lipinski definition) is 1. The molecule has 2 N–H and O–H groups in total. The summed E-state index contributed by atoms with van der Waals surface area (Å²) < 4.78 is 2.17. The zero-order valence-corrected chi connectivity index (χ0v) is 9.01. The number of nitrogen functional groups attached to an aromatic ring is 1. The third kappa shape index (κ3) is 1.80. The number of nitrogens with two attached hydrogens (primary N) is 1. The lowest BCUT2D eigenvalue weighted by Crippen LogP contribution is -2.00. The largest absolute Gasteiger partial charge is 0.381 e. The van der Waals surface area contributed by atoms with Crippen LogP contribution in [0.25, 0.3) is 5.82 Å². The smallest absolute Gasteiger partial charge is 0.172 e. The maximum Gasteiger partial charge on any atom is 0.172 e. The van der Waals surface area contributed by atoms with Crippen molar-refractivity contribution in [1.82, 2.24) is 19.7 Å². The summed E-state index contributed by atoms with van der Waals surface area (Å²) in [5.41, 5.74) is 5.82. The van der Waals surface area contributed by atoms with Crippen LogP contribution in [0.4, 0.5) is 5.82 Å². The number of rotatable bonds is 1. The molecule has 0 atom stereocenters. The molecule has 7 heteroatoms. The molecule has 74 valence electrons. The summed E-state index contributed by atoms with van der Waals surface area (Å²) in [5, 5.41) is 12.5. The third-order valence-corrected chi connectivity index (χ3v) is 2.29. The Hall–Kier alpha value is -1.94. The summed E-state index contributed by atoms with van der Waals surface area (Å²) in [6.45, 7) is 0. The molecule has 0 aliphatic rings. The Kier molecular flexibility index (Phi) is 2.35. The molecular weight excluding hydrogens is 260 g/mol. The number of anilines is 1. The van der Waals surface area contributed by atoms with Crippen molar-refractivity contribution in [2.45, 2.75) is 0 Å². The predicted octanol–water partition coefficient (Wildman–Crippen LogP) is 0.879. The molecule has 0 unspecified atom stereocenters. The van der Waals surface area contributed by atoms with Gasteiger partial charge in [-0.1, -0.05) is 0 Å². The normalized spacial score (nSPS) is 9.87. The summed E-state index contributed by atoms with van der Waals surface area (Å²) in [7, 11) is 0. The van der Waals surface area contributed by atoms with Crippen LogP contribution in [0.5, 0.6) is 0 Å². The van der Waals surface area contributed by atoms with Crippen LogP contribution in [-0.4, -0.2) is 19.7 Å². The van der Waals surface area contributed by atoms with Gasteiger partial charge in [0, 0.05) is 6.20 Å². The minimum Gasteiger partial charge on any atom is -0.381 e. The van der Waals surface area contributed by atoms with Crippen molar-refractivity contribution < 1.29 is 0 Å². The Morgan fingerprint density at radius 3 is 2.67 bits per heavy atom. The molecule has 0 fully saturated rings. The minimum atomic E-state index is 0.262. The number of aromatic nitrogens is 4. The van der Waals surface area contributed by atoms with Gasteiger partial charge in [-0.05, 0) is 15.9 Å². The lowest BCUT2D eigenvalue weighted by Gasteiger charge is -1.97. The topological polar surface area (TPSA) is 93.4 Å². The molecule has 0 saturated carbocycles. The van der Waals surface area contributed by atoms with Gasteiger partial charge in [0.1, 0.15) is 6.07 Å². The first kappa shape index (κ1) is 9.61. The standard InChI is InChI=1S/C8H5BrN6/c9-6-4-15(14-8(6)11)7-3-12-5(1-10)2-13-7/h2-4H,(H2,11,14). The van der Waals surface area contributed by atoms with Crippen molar-refractivity contribution in [2.24, 2.45) is 0 Å². The number of halogens is 1. The van der Waals surface area contributed by atoms with Crippen molar-refractivity contribution >= 4 is 21.7 Å². The average molecular weight is 265 g/mol. The Balaban J connectivity index is 2.42. The van der Waals surface area contributed by atoms with Crippen LogP contribution in [0, 0.1) is 11.3 Å². The van der Waals surface area contributed by atoms with Gasteiger partial charge in [0.25, 0.3) is 0 Å². The van der Waals surface area contributed by atoms with Gasteiger partial charge in [0.2, 0.25) is 0 Å². The molecule has 2 heterocycles. The van der Waals surface area contributed by atoms with Crippen molar-refractivity contribution in [3.8, 4) is 11.9 Å². The Morgan fingerprint density at radius 2 is 2.20 bits per heavy atom. The molecule has 2 aromatic heterocycles. The number of hydrogen-bond acceptors (Lipinski definition) is 5. The van der Waals surface area contributed by atoms with E-state index in [9.17, 15) is 0 Å². The van der Waals surface area contributed by atoms with E-state index in [-0.39, 0.29) is 5.69 Å². The molecular formula is C8H5BrN6. The highest BCUT2D eigenvalue weighted by atomic mass is 79.9. The maximum atomic E-state index is 8.54. The summed E-state index contributed by atoms with van der Waals surface area (Å²) in [4.78, 5) is 7.89. The van der Waals surface area contributed by atoms with Gasteiger partial charge in [0.05, 0.1) is 16.9 Å². The molecule has 0 amide bonds. The van der Waals surface area contributed by atoms with Crippen LogP contribution in [0.1, 0.15) is 5.69 Å². The Labute approximate surface area is 93.5 Å². The van der Waals surface area contributed by atoms with Crippen LogP contribution in [0.15, 0.2) is 23.1 Å². The molecule has 0 aliphatic heterocycles. The van der Waals surface area contributed by atoms with Crippen LogP contribution < -0.4 is 5.73 Å². The zero-order chi connectivity index (χ0) is 10.8. The van der Waals surface area contributed by atoms with Crippen molar-refractivity contribution in [3.05, 3.63) is 28.8 Å². The lowest BCUT2D eigenvalue weighted by molar-refractivity contribution is 0.840. The van der Waals surface area contributed by atoms with Crippen molar-refractivity contribution in [3.63, 3.8) is 0 Å². The summed E-state index contributed by atoms with van der Waals surface area (Å²) in [5.74, 6) is 0.882. The molecule has 0 aromatic carbocycles. The molecule has 0 spiro atoms. The van der Waals surface area contributed by atoms with Crippen LogP contribution >= 0.6 is 15.9 Å². The van der Waals surface area contributed by atoms with Gasteiger partial charge < -0.3 is 5.73 Å². The van der Waals surface area contributed by atoms with E-state index in [1.807, 2.05) is 6.07 Å². The quantitative estimate of drug-likeness (QED) is 0.825. The molecule has 15 heavy (non-hydrogen) atoms. The molecule has 2 rings (SSSR count). The van der Waals surface area contributed by atoms with E-state index < -0.39 is 0 Å². The van der Waals surface area contributed by atoms with E-state index in [4.69, 9.17) is 11.0 Å². The SMILES string of the molecule is N#Cc1cnc(-n2cc(Br)c(N)n2)cn1. The monoisotopic (exact) mass is 264 g/mol. The van der Waals surface area contributed by atoms with Gasteiger partial charge in [-0.3, -0.25) is 0 Å². The molecule has 0 aliphatic carbocycles. The van der Waals surface area contributed by atoms with E-state index in [2.05, 4.69) is 31.0 Å². The van der Waals surface area contributed by atoms with E-state index in [1.54, 1.807) is 6.20 Å². The van der Waals surface area contributed by atoms with E-state index >= 15 is 0 Å². The third-order valence-electron chi connectivity index (χ3n) is 1.68. The number of nitrogens with zero attached hydrogens (tertiary/aromatic N) is 5. The molecule has 0 saturated heterocycles. The van der Waals surface area contributed by atoms with E-state index in [0.717, 1.165) is 0 Å². The van der Waals surface area contributed by atoms with Crippen molar-refractivity contribution in [2.75, 3.05) is 5.73 Å². The van der Waals surface area contributed by atoms with Crippen LogP contribution in [0.2, 0.25) is 0 Å². The van der Waals surface area contributed by atoms with Gasteiger partial charge in [-0.25, -0.2) is 14.6 Å². The first-order chi connectivity index (χ1) is 7.20. The van der Waals surface area contributed by atoms with Crippen LogP contribution in [0.3, 0.4) is 0 Å². The number of nitriles is 1. The maximum absolute atomic E-state index is 8.54. The second-order valence-electron chi connectivity index (χ2n) is 2.68. The first-order valence-electron chi connectivity index (χ1n) is 3.94. The highest BCUT2D eigenvalue weighted by molar-refractivity contribution is 9.10. The van der Waals surface area contributed by atoms with Gasteiger partial charge in [-0.2, -0.15) is 5.26 Å². The van der Waals surface area contributed by atoms with Gasteiger partial charge in [0.15, 0.2) is 17.3 Å². The fourth-order valence-electron chi connectivity index (χ4n) is 0.981. The predicted molar refractivity (Wildman–Crippen MR) is 56.0 cm³/mol. The lowest BCUT2D eigenvalue weighted by atomic mass is 10.5. The fourth-order valence-corrected chi connectivity index (χ4v) is 1.25. The Bertz CT molecular complexity index is 504. The van der Waals surface area contributed by atoms with Crippen molar-refractivity contribution in [1.29, 1.82) is 5.26 Å². The second-order valence-corrected chi connectivity index (χ2v) is 3.53. The average Bonchev–Trinajstić information content (AvgIpc) is 2.59. The Morgan fingerprint density at radius 1 is 1.40 bits per heavy atom. The zero-order valence-electron chi connectivity index (χ0n) is 7.42. The highest BCUT2D eigenvalue weighted by Gasteiger charge is 2.05. The highest BCUT2D eigenvalue weighted by Crippen LogP contribution is 2.18. The van der Waals surface area contributed by atoms with Crippen LogP contribution in [-0.2, 0) is 0 Å². The molecule has 0 radical (unpaired) electrons. The summed E-state index contributed by atoms with van der Waals surface area (Å²) in [6, 6.07) is 1.88. The van der Waals surface area contributed by atoms with E-state index in [0.29, 0.717) is 16.1 Å². The van der Waals surface area contributed by atoms with E-state index in [1.165, 1.54) is 17.1 Å². The van der Waals surface area contributed by atoms with Gasteiger partial charge in [-0.15, -0.1) is 5.10 Å². The molecule has 2 aromatic rings. The second kappa shape index (κ2) is 3.67. The summed E-state index contributed by atoms with van der Waals surface area (Å²) >= 11 is 3.23.